The summed E-state index contributed by atoms with van der Waals surface area (Å²) in [5.41, 5.74) is 6.51. The number of primary amides is 1. The van der Waals surface area contributed by atoms with E-state index in [1.807, 2.05) is 25.1 Å². The molecule has 1 aliphatic heterocycles. The molecule has 0 saturated carbocycles. The number of nitrogens with two attached hydrogens (primary N) is 1. The summed E-state index contributed by atoms with van der Waals surface area (Å²) in [6, 6.07) is 8.89. The van der Waals surface area contributed by atoms with Crippen LogP contribution in [0.15, 0.2) is 39.8 Å². The minimum absolute atomic E-state index is 0.273. The summed E-state index contributed by atoms with van der Waals surface area (Å²) in [6.07, 6.45) is 1.38. The van der Waals surface area contributed by atoms with Crippen LogP contribution in [-0.2, 0) is 20.1 Å². The summed E-state index contributed by atoms with van der Waals surface area (Å²) in [4.78, 5) is 38.5. The lowest BCUT2D eigenvalue weighted by Crippen LogP contribution is -2.45. The van der Waals surface area contributed by atoms with Crippen LogP contribution >= 0.6 is 11.8 Å². The molecule has 1 fully saturated rings. The van der Waals surface area contributed by atoms with Crippen molar-refractivity contribution in [3.63, 3.8) is 0 Å². The lowest BCUT2D eigenvalue weighted by Gasteiger charge is -2.31. The Morgan fingerprint density at radius 3 is 2.86 bits per heavy atom. The fourth-order valence-corrected chi connectivity index (χ4v) is 4.05. The standard InChI is InChI=1S/C20H23N3O5S/c1-13-9-15(22-28-13)12-29-17-7-3-2-6-16(17)20(26)27-11-18(24)23-8-4-5-14(10-23)19(21)25/h2-3,6-7,9,14H,4-5,8,10-12H2,1H3,(H2,21,25)/t14-/m0/s1. The normalized spacial score (nSPS) is 16.4. The predicted molar refractivity (Wildman–Crippen MR) is 106 cm³/mol. The number of thioether (sulfide) groups is 1. The van der Waals surface area contributed by atoms with Crippen LogP contribution in [0, 0.1) is 12.8 Å². The smallest absolute Gasteiger partial charge is 0.339 e. The van der Waals surface area contributed by atoms with Gasteiger partial charge in [-0.3, -0.25) is 9.59 Å². The van der Waals surface area contributed by atoms with Gasteiger partial charge in [0.1, 0.15) is 5.76 Å². The number of carbonyl (C=O) groups excluding carboxylic acids is 3. The van der Waals surface area contributed by atoms with Gasteiger partial charge in [0.15, 0.2) is 6.61 Å². The Bertz CT molecular complexity index is 898. The first-order chi connectivity index (χ1) is 13.9. The summed E-state index contributed by atoms with van der Waals surface area (Å²) in [5, 5.41) is 3.94. The molecular formula is C20H23N3O5S. The number of ether oxygens (including phenoxy) is 1. The number of rotatable bonds is 7. The molecule has 2 N–H and O–H groups in total. The van der Waals surface area contributed by atoms with E-state index in [1.165, 1.54) is 16.7 Å². The van der Waals surface area contributed by atoms with Gasteiger partial charge >= 0.3 is 5.97 Å². The van der Waals surface area contributed by atoms with E-state index in [1.54, 1.807) is 12.1 Å². The van der Waals surface area contributed by atoms with E-state index in [9.17, 15) is 14.4 Å². The molecule has 0 unspecified atom stereocenters. The van der Waals surface area contributed by atoms with Crippen LogP contribution in [-0.4, -0.2) is 47.5 Å². The number of amides is 2. The molecule has 0 spiro atoms. The van der Waals surface area contributed by atoms with Crippen LogP contribution < -0.4 is 5.73 Å². The summed E-state index contributed by atoms with van der Waals surface area (Å²) >= 11 is 1.44. The monoisotopic (exact) mass is 417 g/mol. The second-order valence-electron chi connectivity index (χ2n) is 6.87. The first-order valence-electron chi connectivity index (χ1n) is 9.32. The van der Waals surface area contributed by atoms with Crippen molar-refractivity contribution in [2.24, 2.45) is 11.7 Å². The minimum atomic E-state index is -0.568. The number of likely N-dealkylation sites (tertiary alicyclic amines) is 1. The lowest BCUT2D eigenvalue weighted by molar-refractivity contribution is -0.137. The number of piperidine rings is 1. The molecule has 154 valence electrons. The van der Waals surface area contributed by atoms with E-state index in [-0.39, 0.29) is 25.0 Å². The maximum Gasteiger partial charge on any atom is 0.339 e. The average Bonchev–Trinajstić information content (AvgIpc) is 3.15. The molecule has 0 bridgehead atoms. The van der Waals surface area contributed by atoms with Crippen LogP contribution in [0.5, 0.6) is 0 Å². The first kappa shape index (κ1) is 20.9. The van der Waals surface area contributed by atoms with E-state index < -0.39 is 11.9 Å². The van der Waals surface area contributed by atoms with Crippen molar-refractivity contribution < 1.29 is 23.6 Å². The van der Waals surface area contributed by atoms with E-state index >= 15 is 0 Å². The zero-order chi connectivity index (χ0) is 20.8. The Morgan fingerprint density at radius 2 is 2.14 bits per heavy atom. The van der Waals surface area contributed by atoms with Gasteiger partial charge < -0.3 is 19.9 Å². The van der Waals surface area contributed by atoms with Gasteiger partial charge in [-0.15, -0.1) is 11.8 Å². The maximum atomic E-state index is 12.5. The second-order valence-corrected chi connectivity index (χ2v) is 7.89. The number of hydrogen-bond acceptors (Lipinski definition) is 7. The number of esters is 1. The third-order valence-corrected chi connectivity index (χ3v) is 5.77. The molecule has 2 aromatic rings. The van der Waals surface area contributed by atoms with Crippen molar-refractivity contribution >= 4 is 29.5 Å². The van der Waals surface area contributed by atoms with Crippen molar-refractivity contribution in [3.8, 4) is 0 Å². The topological polar surface area (TPSA) is 116 Å². The van der Waals surface area contributed by atoms with Gasteiger partial charge in [-0.1, -0.05) is 17.3 Å². The van der Waals surface area contributed by atoms with Gasteiger partial charge in [-0.25, -0.2) is 4.79 Å². The number of aryl methyl sites for hydroxylation is 1. The van der Waals surface area contributed by atoms with Gasteiger partial charge in [-0.2, -0.15) is 0 Å². The van der Waals surface area contributed by atoms with Gasteiger partial charge in [0, 0.05) is 29.8 Å². The molecule has 1 aliphatic rings. The second kappa shape index (κ2) is 9.60. The van der Waals surface area contributed by atoms with E-state index in [4.69, 9.17) is 15.0 Å². The van der Waals surface area contributed by atoms with Crippen molar-refractivity contribution in [2.45, 2.75) is 30.4 Å². The van der Waals surface area contributed by atoms with Crippen LogP contribution in [0.4, 0.5) is 0 Å². The number of nitrogens with zero attached hydrogens (tertiary/aromatic N) is 2. The highest BCUT2D eigenvalue weighted by Crippen LogP contribution is 2.27. The van der Waals surface area contributed by atoms with Crippen molar-refractivity contribution in [1.82, 2.24) is 10.1 Å². The molecular weight excluding hydrogens is 394 g/mol. The van der Waals surface area contributed by atoms with E-state index in [0.717, 1.165) is 16.3 Å². The predicted octanol–water partition coefficient (Wildman–Crippen LogP) is 2.16. The fraction of sp³-hybridized carbons (Fsp3) is 0.400. The van der Waals surface area contributed by atoms with Gasteiger partial charge in [0.2, 0.25) is 5.91 Å². The van der Waals surface area contributed by atoms with Crippen molar-refractivity contribution in [2.75, 3.05) is 19.7 Å². The fourth-order valence-electron chi connectivity index (χ4n) is 3.13. The molecule has 1 aromatic heterocycles. The number of carbonyl (C=O) groups is 3. The molecule has 1 atom stereocenters. The zero-order valence-electron chi connectivity index (χ0n) is 16.1. The SMILES string of the molecule is Cc1cc(CSc2ccccc2C(=O)OCC(=O)N2CCC[C@H](C(N)=O)C2)no1. The molecule has 2 heterocycles. The third kappa shape index (κ3) is 5.60. The Morgan fingerprint density at radius 1 is 1.34 bits per heavy atom. The minimum Gasteiger partial charge on any atom is -0.452 e. The van der Waals surface area contributed by atoms with Gasteiger partial charge in [0.25, 0.3) is 5.91 Å². The molecule has 0 aliphatic carbocycles. The molecule has 29 heavy (non-hydrogen) atoms. The first-order valence-corrected chi connectivity index (χ1v) is 10.3. The highest BCUT2D eigenvalue weighted by Gasteiger charge is 2.27. The van der Waals surface area contributed by atoms with Crippen molar-refractivity contribution in [3.05, 3.63) is 47.3 Å². The van der Waals surface area contributed by atoms with E-state index in [2.05, 4.69) is 5.16 Å². The molecule has 9 heteroatoms. The summed E-state index contributed by atoms with van der Waals surface area (Å²) in [6.45, 7) is 2.25. The van der Waals surface area contributed by atoms with Crippen molar-refractivity contribution in [1.29, 1.82) is 0 Å². The highest BCUT2D eigenvalue weighted by atomic mass is 32.2. The van der Waals surface area contributed by atoms with Crippen LogP contribution in [0.25, 0.3) is 0 Å². The summed E-state index contributed by atoms with van der Waals surface area (Å²) in [5.74, 6) is -0.381. The van der Waals surface area contributed by atoms with Crippen LogP contribution in [0.2, 0.25) is 0 Å². The zero-order valence-corrected chi connectivity index (χ0v) is 16.9. The number of hydrogen-bond donors (Lipinski definition) is 1. The highest BCUT2D eigenvalue weighted by molar-refractivity contribution is 7.98. The summed E-state index contributed by atoms with van der Waals surface area (Å²) < 4.78 is 10.3. The van der Waals surface area contributed by atoms with Crippen LogP contribution in [0.1, 0.15) is 34.7 Å². The Labute approximate surface area is 172 Å². The Kier molecular flexibility index (Phi) is 6.92. The van der Waals surface area contributed by atoms with Gasteiger partial charge in [-0.05, 0) is 31.9 Å². The summed E-state index contributed by atoms with van der Waals surface area (Å²) in [7, 11) is 0. The quantitative estimate of drug-likeness (QED) is 0.542. The lowest BCUT2D eigenvalue weighted by atomic mass is 9.97. The molecule has 1 saturated heterocycles. The molecule has 1 aromatic carbocycles. The van der Waals surface area contributed by atoms with Crippen LogP contribution in [0.3, 0.4) is 0 Å². The molecule has 2 amide bonds. The van der Waals surface area contributed by atoms with Gasteiger partial charge in [0.05, 0.1) is 17.2 Å². The maximum absolute atomic E-state index is 12.5. The number of aromatic nitrogens is 1. The third-order valence-electron chi connectivity index (χ3n) is 4.66. The molecule has 0 radical (unpaired) electrons. The van der Waals surface area contributed by atoms with E-state index in [0.29, 0.717) is 30.7 Å². The molecule has 3 rings (SSSR count). The average molecular weight is 417 g/mol. The largest absolute Gasteiger partial charge is 0.452 e. The number of benzene rings is 1. The molecule has 8 nitrogen and oxygen atoms in total. The Balaban J connectivity index is 1.56. The Hall–Kier alpha value is -2.81.